The van der Waals surface area contributed by atoms with E-state index in [1.54, 1.807) is 6.20 Å². The third-order valence-corrected chi connectivity index (χ3v) is 3.54. The Morgan fingerprint density at radius 1 is 1.53 bits per heavy atom. The maximum Gasteiger partial charge on any atom is 0.140 e. The number of aromatic nitrogens is 1. The number of nitrogens with zero attached hydrogens (tertiary/aromatic N) is 2. The van der Waals surface area contributed by atoms with Crippen LogP contribution in [0.5, 0.6) is 0 Å². The van der Waals surface area contributed by atoms with E-state index in [1.165, 1.54) is 13.1 Å². The minimum atomic E-state index is 0.757. The summed E-state index contributed by atoms with van der Waals surface area (Å²) in [5.41, 5.74) is 0. The number of anilines is 1. The van der Waals surface area contributed by atoms with E-state index in [1.807, 2.05) is 6.07 Å². The van der Waals surface area contributed by atoms with Gasteiger partial charge in [-0.15, -0.1) is 0 Å². The molecule has 3 nitrogen and oxygen atoms in total. The van der Waals surface area contributed by atoms with Gasteiger partial charge >= 0.3 is 0 Å². The Morgan fingerprint density at radius 3 is 2.87 bits per heavy atom. The quantitative estimate of drug-likeness (QED) is 0.920. The van der Waals surface area contributed by atoms with Crippen LogP contribution in [0.3, 0.4) is 0 Å². The fourth-order valence-corrected chi connectivity index (χ4v) is 2.87. The molecule has 1 aromatic heterocycles. The maximum absolute atomic E-state index is 4.31. The van der Waals surface area contributed by atoms with E-state index in [9.17, 15) is 0 Å². The highest BCUT2D eigenvalue weighted by molar-refractivity contribution is 9.11. The van der Waals surface area contributed by atoms with E-state index in [4.69, 9.17) is 0 Å². The molecule has 2 rings (SSSR count). The van der Waals surface area contributed by atoms with Crippen molar-refractivity contribution < 1.29 is 0 Å². The molecule has 0 amide bonds. The van der Waals surface area contributed by atoms with Crippen molar-refractivity contribution in [1.82, 2.24) is 9.88 Å². The van der Waals surface area contributed by atoms with Gasteiger partial charge in [0.2, 0.25) is 0 Å². The minimum Gasteiger partial charge on any atom is -0.369 e. The van der Waals surface area contributed by atoms with Crippen LogP contribution in [0.2, 0.25) is 0 Å². The molecule has 1 aromatic rings. The molecule has 0 atom stereocenters. The zero-order chi connectivity index (χ0) is 10.8. The van der Waals surface area contributed by atoms with E-state index in [0.717, 1.165) is 27.2 Å². The molecular formula is C10H13Br2N3. The first-order chi connectivity index (χ1) is 7.15. The summed E-state index contributed by atoms with van der Waals surface area (Å²) in [5.74, 6) is 1.68. The fraction of sp³-hybridized carbons (Fsp3) is 0.500. The van der Waals surface area contributed by atoms with Crippen LogP contribution in [0.25, 0.3) is 0 Å². The number of halogens is 2. The summed E-state index contributed by atoms with van der Waals surface area (Å²) < 4.78 is 1.99. The standard InChI is InChI=1S/C10H13Br2N3/c1-15-5-7(6-15)3-13-10-9(12)2-8(11)4-14-10/h2,4,7H,3,5-6H2,1H3,(H,13,14). The predicted molar refractivity (Wildman–Crippen MR) is 69.1 cm³/mol. The molecule has 0 saturated carbocycles. The lowest BCUT2D eigenvalue weighted by atomic mass is 10.0. The lowest BCUT2D eigenvalue weighted by molar-refractivity contribution is 0.144. The molecule has 0 aromatic carbocycles. The van der Waals surface area contributed by atoms with Crippen LogP contribution in [0.4, 0.5) is 5.82 Å². The molecule has 0 unspecified atom stereocenters. The van der Waals surface area contributed by atoms with Gasteiger partial charge in [-0.2, -0.15) is 0 Å². The summed E-state index contributed by atoms with van der Waals surface area (Å²) in [6, 6.07) is 2.00. The van der Waals surface area contributed by atoms with Crippen molar-refractivity contribution in [2.45, 2.75) is 0 Å². The zero-order valence-electron chi connectivity index (χ0n) is 8.50. The van der Waals surface area contributed by atoms with Crippen LogP contribution in [0.1, 0.15) is 0 Å². The molecule has 1 aliphatic rings. The molecule has 82 valence electrons. The van der Waals surface area contributed by atoms with Gasteiger partial charge in [-0.1, -0.05) is 0 Å². The molecule has 1 saturated heterocycles. The Hall–Kier alpha value is -0.130. The number of hydrogen-bond acceptors (Lipinski definition) is 3. The van der Waals surface area contributed by atoms with E-state index >= 15 is 0 Å². The first kappa shape index (κ1) is 11.4. The molecular weight excluding hydrogens is 322 g/mol. The first-order valence-electron chi connectivity index (χ1n) is 4.88. The minimum absolute atomic E-state index is 0.757. The average Bonchev–Trinajstić information content (AvgIpc) is 2.13. The monoisotopic (exact) mass is 333 g/mol. The van der Waals surface area contributed by atoms with Crippen molar-refractivity contribution in [3.05, 3.63) is 21.2 Å². The molecule has 1 N–H and O–H groups in total. The van der Waals surface area contributed by atoms with Crippen molar-refractivity contribution in [3.8, 4) is 0 Å². The SMILES string of the molecule is CN1CC(CNc2ncc(Br)cc2Br)C1. The van der Waals surface area contributed by atoms with Crippen molar-refractivity contribution in [2.75, 3.05) is 32.0 Å². The van der Waals surface area contributed by atoms with Gasteiger partial charge < -0.3 is 10.2 Å². The normalized spacial score (nSPS) is 17.5. The summed E-state index contributed by atoms with van der Waals surface area (Å²) >= 11 is 6.87. The Balaban J connectivity index is 1.88. The van der Waals surface area contributed by atoms with E-state index in [-0.39, 0.29) is 0 Å². The highest BCUT2D eigenvalue weighted by atomic mass is 79.9. The lowest BCUT2D eigenvalue weighted by Gasteiger charge is -2.36. The number of likely N-dealkylation sites (tertiary alicyclic amines) is 1. The number of hydrogen-bond donors (Lipinski definition) is 1. The van der Waals surface area contributed by atoms with Gasteiger partial charge in [-0.3, -0.25) is 0 Å². The van der Waals surface area contributed by atoms with Crippen molar-refractivity contribution >= 4 is 37.7 Å². The van der Waals surface area contributed by atoms with Gasteiger partial charge in [0.25, 0.3) is 0 Å². The Kier molecular flexibility index (Phi) is 3.64. The van der Waals surface area contributed by atoms with Gasteiger partial charge in [-0.05, 0) is 45.0 Å². The van der Waals surface area contributed by atoms with E-state index < -0.39 is 0 Å². The molecule has 2 heterocycles. The molecule has 0 radical (unpaired) electrons. The van der Waals surface area contributed by atoms with Crippen LogP contribution < -0.4 is 5.32 Å². The van der Waals surface area contributed by atoms with Gasteiger partial charge in [0.15, 0.2) is 0 Å². The lowest BCUT2D eigenvalue weighted by Crippen LogP contribution is -2.46. The molecule has 0 aliphatic carbocycles. The highest BCUT2D eigenvalue weighted by Gasteiger charge is 2.22. The van der Waals surface area contributed by atoms with Crippen molar-refractivity contribution in [3.63, 3.8) is 0 Å². The highest BCUT2D eigenvalue weighted by Crippen LogP contribution is 2.24. The molecule has 1 aliphatic heterocycles. The summed E-state index contributed by atoms with van der Waals surface area (Å²) in [4.78, 5) is 6.62. The maximum atomic E-state index is 4.31. The summed E-state index contributed by atoms with van der Waals surface area (Å²) in [6.07, 6.45) is 1.81. The molecule has 0 bridgehead atoms. The number of rotatable bonds is 3. The smallest absolute Gasteiger partial charge is 0.140 e. The van der Waals surface area contributed by atoms with Crippen LogP contribution in [0.15, 0.2) is 21.2 Å². The largest absolute Gasteiger partial charge is 0.369 e. The summed E-state index contributed by atoms with van der Waals surface area (Å²) in [5, 5.41) is 3.36. The van der Waals surface area contributed by atoms with Crippen molar-refractivity contribution in [1.29, 1.82) is 0 Å². The average molecular weight is 335 g/mol. The van der Waals surface area contributed by atoms with Gasteiger partial charge in [0, 0.05) is 36.2 Å². The van der Waals surface area contributed by atoms with Crippen LogP contribution in [-0.2, 0) is 0 Å². The Bertz CT molecular complexity index is 351. The van der Waals surface area contributed by atoms with Crippen LogP contribution >= 0.6 is 31.9 Å². The second-order valence-corrected chi connectivity index (χ2v) is 5.72. The summed E-state index contributed by atoms with van der Waals surface area (Å²) in [6.45, 7) is 3.36. The van der Waals surface area contributed by atoms with E-state index in [0.29, 0.717) is 0 Å². The van der Waals surface area contributed by atoms with Gasteiger partial charge in [0.1, 0.15) is 5.82 Å². The zero-order valence-corrected chi connectivity index (χ0v) is 11.7. The van der Waals surface area contributed by atoms with Gasteiger partial charge in [-0.25, -0.2) is 4.98 Å². The number of nitrogens with one attached hydrogen (secondary N) is 1. The second kappa shape index (κ2) is 4.80. The summed E-state index contributed by atoms with van der Waals surface area (Å²) in [7, 11) is 2.14. The third kappa shape index (κ3) is 2.92. The van der Waals surface area contributed by atoms with Crippen LogP contribution in [0, 0.1) is 5.92 Å². The second-order valence-electron chi connectivity index (χ2n) is 3.95. The van der Waals surface area contributed by atoms with Crippen LogP contribution in [-0.4, -0.2) is 36.6 Å². The third-order valence-electron chi connectivity index (χ3n) is 2.51. The Morgan fingerprint density at radius 2 is 2.27 bits per heavy atom. The first-order valence-corrected chi connectivity index (χ1v) is 6.47. The molecule has 5 heteroatoms. The Labute approximate surface area is 107 Å². The number of pyridine rings is 1. The van der Waals surface area contributed by atoms with Gasteiger partial charge in [0.05, 0.1) is 4.47 Å². The van der Waals surface area contributed by atoms with Crippen molar-refractivity contribution in [2.24, 2.45) is 5.92 Å². The fourth-order valence-electron chi connectivity index (χ4n) is 1.74. The molecule has 0 spiro atoms. The topological polar surface area (TPSA) is 28.2 Å². The molecule has 1 fully saturated rings. The predicted octanol–water partition coefficient (Wildman–Crippen LogP) is 2.58. The van der Waals surface area contributed by atoms with E-state index in [2.05, 4.69) is 54.1 Å². The molecule has 15 heavy (non-hydrogen) atoms.